The maximum Gasteiger partial charge on any atom is 0.169 e. The molecule has 0 radical (unpaired) electrons. The first-order valence-electron chi connectivity index (χ1n) is 5.36. The van der Waals surface area contributed by atoms with Gasteiger partial charge in [0.15, 0.2) is 5.78 Å². The van der Waals surface area contributed by atoms with Crippen LogP contribution in [0, 0.1) is 5.41 Å². The standard InChI is InChI=1S/C13H15IO/c1-13(8-9-14)7-6-10-4-2-3-5-11(10)12(13)15/h2-5H,6-9H2,1H3. The summed E-state index contributed by atoms with van der Waals surface area (Å²) in [6.45, 7) is 2.12. The van der Waals surface area contributed by atoms with Gasteiger partial charge in [-0.25, -0.2) is 0 Å². The predicted octanol–water partition coefficient (Wildman–Crippen LogP) is 3.65. The number of carbonyl (C=O) groups excluding carboxylic acids is 1. The zero-order valence-electron chi connectivity index (χ0n) is 8.92. The molecule has 0 aromatic heterocycles. The molecule has 1 atom stereocenters. The third kappa shape index (κ3) is 1.96. The van der Waals surface area contributed by atoms with Crippen LogP contribution < -0.4 is 0 Å². The van der Waals surface area contributed by atoms with Crippen LogP contribution in [0.2, 0.25) is 0 Å². The Morgan fingerprint density at radius 3 is 2.87 bits per heavy atom. The van der Waals surface area contributed by atoms with Crippen molar-refractivity contribution < 1.29 is 4.79 Å². The van der Waals surface area contributed by atoms with Crippen LogP contribution in [0.3, 0.4) is 0 Å². The molecule has 0 aliphatic heterocycles. The molecule has 0 spiro atoms. The van der Waals surface area contributed by atoms with Gasteiger partial charge in [-0.2, -0.15) is 0 Å². The third-order valence-electron chi connectivity index (χ3n) is 3.40. The van der Waals surface area contributed by atoms with Crippen molar-refractivity contribution in [2.75, 3.05) is 4.43 Å². The van der Waals surface area contributed by atoms with Gasteiger partial charge in [0.05, 0.1) is 0 Å². The van der Waals surface area contributed by atoms with E-state index in [2.05, 4.69) is 35.6 Å². The van der Waals surface area contributed by atoms with Crippen LogP contribution in [0.1, 0.15) is 35.7 Å². The Morgan fingerprint density at radius 1 is 1.40 bits per heavy atom. The summed E-state index contributed by atoms with van der Waals surface area (Å²) >= 11 is 2.36. The molecule has 15 heavy (non-hydrogen) atoms. The molecule has 1 aliphatic carbocycles. The van der Waals surface area contributed by atoms with E-state index in [-0.39, 0.29) is 5.41 Å². The molecule has 1 aromatic carbocycles. The predicted molar refractivity (Wildman–Crippen MR) is 70.7 cm³/mol. The first-order chi connectivity index (χ1) is 7.17. The molecule has 1 unspecified atom stereocenters. The molecule has 0 saturated heterocycles. The summed E-state index contributed by atoms with van der Waals surface area (Å²) in [4.78, 5) is 12.3. The number of carbonyl (C=O) groups is 1. The van der Waals surface area contributed by atoms with Gasteiger partial charge in [-0.3, -0.25) is 4.79 Å². The van der Waals surface area contributed by atoms with Gasteiger partial charge in [0.25, 0.3) is 0 Å². The lowest BCUT2D eigenvalue weighted by atomic mass is 9.70. The smallest absolute Gasteiger partial charge is 0.169 e. The Hall–Kier alpha value is -0.380. The molecule has 2 heteroatoms. The third-order valence-corrected chi connectivity index (χ3v) is 3.94. The molecular formula is C13H15IO. The zero-order valence-corrected chi connectivity index (χ0v) is 11.1. The molecule has 0 saturated carbocycles. The number of hydrogen-bond donors (Lipinski definition) is 0. The highest BCUT2D eigenvalue weighted by Gasteiger charge is 2.37. The van der Waals surface area contributed by atoms with Crippen molar-refractivity contribution in [2.45, 2.75) is 26.2 Å². The summed E-state index contributed by atoms with van der Waals surface area (Å²) in [5.74, 6) is 0.348. The number of aryl methyl sites for hydroxylation is 1. The van der Waals surface area contributed by atoms with Gasteiger partial charge in [-0.1, -0.05) is 53.8 Å². The Kier molecular flexibility index (Phi) is 3.14. The van der Waals surface area contributed by atoms with E-state index in [1.807, 2.05) is 18.2 Å². The van der Waals surface area contributed by atoms with Gasteiger partial charge in [0.2, 0.25) is 0 Å². The number of benzene rings is 1. The monoisotopic (exact) mass is 314 g/mol. The van der Waals surface area contributed by atoms with E-state index in [4.69, 9.17) is 0 Å². The maximum absolute atomic E-state index is 12.3. The van der Waals surface area contributed by atoms with Gasteiger partial charge in [-0.05, 0) is 24.8 Å². The average molecular weight is 314 g/mol. The topological polar surface area (TPSA) is 17.1 Å². The number of hydrogen-bond acceptors (Lipinski definition) is 1. The van der Waals surface area contributed by atoms with E-state index in [1.165, 1.54) is 5.56 Å². The highest BCUT2D eigenvalue weighted by Crippen LogP contribution is 2.38. The minimum Gasteiger partial charge on any atom is -0.294 e. The van der Waals surface area contributed by atoms with Crippen LogP contribution in [-0.4, -0.2) is 10.2 Å². The van der Waals surface area contributed by atoms with E-state index < -0.39 is 0 Å². The second-order valence-electron chi connectivity index (χ2n) is 4.49. The summed E-state index contributed by atoms with van der Waals surface area (Å²) in [6.07, 6.45) is 3.06. The number of Topliss-reactive ketones (excluding diaryl/α,β-unsaturated/α-hetero) is 1. The molecular weight excluding hydrogens is 299 g/mol. The number of alkyl halides is 1. The molecule has 0 fully saturated rings. The Bertz CT molecular complexity index is 386. The molecule has 0 bridgehead atoms. The largest absolute Gasteiger partial charge is 0.294 e. The lowest BCUT2D eigenvalue weighted by molar-refractivity contribution is 0.0781. The Morgan fingerprint density at radius 2 is 2.13 bits per heavy atom. The van der Waals surface area contributed by atoms with Crippen molar-refractivity contribution in [3.05, 3.63) is 35.4 Å². The van der Waals surface area contributed by atoms with Crippen LogP contribution in [0.25, 0.3) is 0 Å². The Balaban J connectivity index is 2.37. The molecule has 1 nitrogen and oxygen atoms in total. The van der Waals surface area contributed by atoms with Crippen molar-refractivity contribution in [3.63, 3.8) is 0 Å². The van der Waals surface area contributed by atoms with Crippen LogP contribution >= 0.6 is 22.6 Å². The van der Waals surface area contributed by atoms with Crippen molar-refractivity contribution in [1.29, 1.82) is 0 Å². The highest BCUT2D eigenvalue weighted by atomic mass is 127. The molecule has 1 aliphatic rings. The number of ketones is 1. The normalized spacial score (nSPS) is 25.1. The second kappa shape index (κ2) is 4.24. The highest BCUT2D eigenvalue weighted by molar-refractivity contribution is 14.1. The van der Waals surface area contributed by atoms with E-state index in [0.29, 0.717) is 5.78 Å². The van der Waals surface area contributed by atoms with Crippen molar-refractivity contribution >= 4 is 28.4 Å². The second-order valence-corrected chi connectivity index (χ2v) is 5.56. The lowest BCUT2D eigenvalue weighted by Crippen LogP contribution is -2.33. The molecule has 2 rings (SSSR count). The summed E-state index contributed by atoms with van der Waals surface area (Å²) in [6, 6.07) is 8.04. The van der Waals surface area contributed by atoms with Crippen LogP contribution in [0.5, 0.6) is 0 Å². The van der Waals surface area contributed by atoms with Crippen LogP contribution in [0.15, 0.2) is 24.3 Å². The maximum atomic E-state index is 12.3. The quantitative estimate of drug-likeness (QED) is 0.601. The fraction of sp³-hybridized carbons (Fsp3) is 0.462. The molecule has 0 heterocycles. The summed E-state index contributed by atoms with van der Waals surface area (Å²) in [7, 11) is 0. The van der Waals surface area contributed by atoms with E-state index in [1.54, 1.807) is 0 Å². The molecule has 0 N–H and O–H groups in total. The first kappa shape index (κ1) is 11.1. The van der Waals surface area contributed by atoms with Crippen LogP contribution in [-0.2, 0) is 6.42 Å². The molecule has 1 aromatic rings. The van der Waals surface area contributed by atoms with Gasteiger partial charge in [-0.15, -0.1) is 0 Å². The number of rotatable bonds is 2. The minimum absolute atomic E-state index is 0.116. The molecule has 0 amide bonds. The van der Waals surface area contributed by atoms with E-state index in [0.717, 1.165) is 29.3 Å². The van der Waals surface area contributed by atoms with Crippen LogP contribution in [0.4, 0.5) is 0 Å². The van der Waals surface area contributed by atoms with Gasteiger partial charge in [0.1, 0.15) is 0 Å². The minimum atomic E-state index is -0.116. The van der Waals surface area contributed by atoms with Crippen molar-refractivity contribution in [2.24, 2.45) is 5.41 Å². The zero-order chi connectivity index (χ0) is 10.9. The summed E-state index contributed by atoms with van der Waals surface area (Å²) in [5, 5.41) is 0. The SMILES string of the molecule is CC1(CCI)CCc2ccccc2C1=O. The number of fused-ring (bicyclic) bond motifs is 1. The van der Waals surface area contributed by atoms with Crippen molar-refractivity contribution in [1.82, 2.24) is 0 Å². The number of halogens is 1. The summed E-state index contributed by atoms with van der Waals surface area (Å²) < 4.78 is 1.06. The lowest BCUT2D eigenvalue weighted by Gasteiger charge is -2.32. The van der Waals surface area contributed by atoms with E-state index >= 15 is 0 Å². The fourth-order valence-electron chi connectivity index (χ4n) is 2.26. The van der Waals surface area contributed by atoms with Gasteiger partial charge < -0.3 is 0 Å². The molecule has 80 valence electrons. The summed E-state index contributed by atoms with van der Waals surface area (Å²) in [5.41, 5.74) is 2.07. The van der Waals surface area contributed by atoms with Gasteiger partial charge in [0, 0.05) is 15.4 Å². The van der Waals surface area contributed by atoms with Gasteiger partial charge >= 0.3 is 0 Å². The van der Waals surface area contributed by atoms with E-state index in [9.17, 15) is 4.79 Å². The van der Waals surface area contributed by atoms with Crippen molar-refractivity contribution in [3.8, 4) is 0 Å². The fourth-order valence-corrected chi connectivity index (χ4v) is 3.45. The Labute approximate surface area is 104 Å². The average Bonchev–Trinajstić information content (AvgIpc) is 2.25. The first-order valence-corrected chi connectivity index (χ1v) is 6.88.